The van der Waals surface area contributed by atoms with Gasteiger partial charge in [-0.25, -0.2) is 4.79 Å². The van der Waals surface area contributed by atoms with E-state index in [2.05, 4.69) is 18.9 Å². The van der Waals surface area contributed by atoms with E-state index in [0.29, 0.717) is 43.7 Å². The van der Waals surface area contributed by atoms with Gasteiger partial charge < -0.3 is 15.5 Å². The Kier molecular flexibility index (Phi) is 6.47. The van der Waals surface area contributed by atoms with Crippen LogP contribution in [0.1, 0.15) is 31.5 Å². The summed E-state index contributed by atoms with van der Waals surface area (Å²) in [5, 5.41) is 4.98. The third-order valence-corrected chi connectivity index (χ3v) is 4.56. The van der Waals surface area contributed by atoms with Crippen molar-refractivity contribution in [1.82, 2.24) is 19.6 Å². The van der Waals surface area contributed by atoms with Crippen LogP contribution in [0.5, 0.6) is 0 Å². The maximum absolute atomic E-state index is 12.4. The van der Waals surface area contributed by atoms with Gasteiger partial charge in [-0.1, -0.05) is 25.4 Å². The predicted molar refractivity (Wildman–Crippen MR) is 98.2 cm³/mol. The number of carbonyl (C=O) groups excluding carboxylic acids is 2. The van der Waals surface area contributed by atoms with E-state index in [0.717, 1.165) is 17.8 Å². The number of amides is 3. The Morgan fingerprint density at radius 1 is 1.24 bits per heavy atom. The van der Waals surface area contributed by atoms with Crippen LogP contribution >= 0.6 is 11.6 Å². The Labute approximate surface area is 153 Å². The van der Waals surface area contributed by atoms with Gasteiger partial charge in [-0.3, -0.25) is 9.48 Å². The summed E-state index contributed by atoms with van der Waals surface area (Å²) in [5.74, 6) is 0.332. The molecule has 2 heterocycles. The molecule has 0 bridgehead atoms. The molecular formula is C17H26ClN5O2. The molecule has 0 aliphatic carbocycles. The molecule has 1 aliphatic rings. The molecule has 2 rings (SSSR count). The van der Waals surface area contributed by atoms with E-state index in [1.54, 1.807) is 20.6 Å². The summed E-state index contributed by atoms with van der Waals surface area (Å²) in [7, 11) is 0. The molecule has 1 saturated heterocycles. The fourth-order valence-electron chi connectivity index (χ4n) is 2.84. The largest absolute Gasteiger partial charge is 0.351 e. The van der Waals surface area contributed by atoms with E-state index in [-0.39, 0.29) is 5.91 Å². The molecule has 0 saturated carbocycles. The van der Waals surface area contributed by atoms with Gasteiger partial charge in [0.15, 0.2) is 0 Å². The second-order valence-electron chi connectivity index (χ2n) is 6.70. The lowest BCUT2D eigenvalue weighted by molar-refractivity contribution is -0.125. The normalized spacial score (nSPS) is 15.9. The Morgan fingerprint density at radius 2 is 1.88 bits per heavy atom. The maximum atomic E-state index is 12.4. The smallest absolute Gasteiger partial charge is 0.314 e. The number of halogens is 1. The minimum Gasteiger partial charge on any atom is -0.351 e. The van der Waals surface area contributed by atoms with Crippen molar-refractivity contribution in [1.29, 1.82) is 0 Å². The van der Waals surface area contributed by atoms with Gasteiger partial charge in [0.1, 0.15) is 5.15 Å². The summed E-state index contributed by atoms with van der Waals surface area (Å²) in [6, 6.07) is -0.440. The standard InChI is InChI=1S/C17H26ClN5O2/c1-12(2)11-23-16(18)14(13(3)20-23)5-6-15(24)21-7-4-8-22(10-9-21)17(19)25/h5-6,12H,4,7-11H2,1-3H3,(H2,19,25)/b6-5+. The van der Waals surface area contributed by atoms with E-state index < -0.39 is 6.03 Å². The Balaban J connectivity index is 2.05. The van der Waals surface area contributed by atoms with Gasteiger partial charge in [0.05, 0.1) is 5.69 Å². The van der Waals surface area contributed by atoms with E-state index in [9.17, 15) is 9.59 Å². The van der Waals surface area contributed by atoms with Crippen LogP contribution in [0.4, 0.5) is 4.79 Å². The molecule has 138 valence electrons. The highest BCUT2D eigenvalue weighted by molar-refractivity contribution is 6.31. The molecule has 1 aromatic heterocycles. The number of nitrogens with two attached hydrogens (primary N) is 1. The first kappa shape index (κ1) is 19.3. The molecular weight excluding hydrogens is 342 g/mol. The number of nitrogens with zero attached hydrogens (tertiary/aromatic N) is 4. The first-order valence-electron chi connectivity index (χ1n) is 8.54. The zero-order chi connectivity index (χ0) is 18.6. The minimum absolute atomic E-state index is 0.0987. The number of aromatic nitrogens is 2. The van der Waals surface area contributed by atoms with Crippen molar-refractivity contribution in [2.75, 3.05) is 26.2 Å². The molecule has 1 aliphatic heterocycles. The fraction of sp³-hybridized carbons (Fsp3) is 0.588. The second kappa shape index (κ2) is 8.38. The summed E-state index contributed by atoms with van der Waals surface area (Å²) in [6.45, 7) is 8.93. The summed E-state index contributed by atoms with van der Waals surface area (Å²) in [4.78, 5) is 27.0. The van der Waals surface area contributed by atoms with Crippen LogP contribution < -0.4 is 5.73 Å². The van der Waals surface area contributed by atoms with E-state index in [1.165, 1.54) is 6.08 Å². The maximum Gasteiger partial charge on any atom is 0.314 e. The molecule has 0 atom stereocenters. The lowest BCUT2D eigenvalue weighted by Crippen LogP contribution is -2.39. The number of hydrogen-bond acceptors (Lipinski definition) is 3. The number of hydrogen-bond donors (Lipinski definition) is 1. The van der Waals surface area contributed by atoms with Crippen LogP contribution in [-0.4, -0.2) is 57.7 Å². The van der Waals surface area contributed by atoms with Gasteiger partial charge in [0, 0.05) is 44.4 Å². The minimum atomic E-state index is -0.440. The first-order chi connectivity index (χ1) is 11.8. The second-order valence-corrected chi connectivity index (χ2v) is 7.06. The summed E-state index contributed by atoms with van der Waals surface area (Å²) >= 11 is 6.39. The highest BCUT2D eigenvalue weighted by Gasteiger charge is 2.19. The van der Waals surface area contributed by atoms with Gasteiger partial charge in [-0.05, 0) is 25.3 Å². The Hall–Kier alpha value is -2.02. The average molecular weight is 368 g/mol. The van der Waals surface area contributed by atoms with Crippen molar-refractivity contribution < 1.29 is 9.59 Å². The van der Waals surface area contributed by atoms with Gasteiger partial charge in [0.25, 0.3) is 0 Å². The van der Waals surface area contributed by atoms with E-state index in [1.807, 2.05) is 6.92 Å². The summed E-state index contributed by atoms with van der Waals surface area (Å²) in [5.41, 5.74) is 6.87. The molecule has 2 N–H and O–H groups in total. The lowest BCUT2D eigenvalue weighted by Gasteiger charge is -2.19. The van der Waals surface area contributed by atoms with Crippen molar-refractivity contribution in [2.45, 2.75) is 33.7 Å². The first-order valence-corrected chi connectivity index (χ1v) is 8.91. The Bertz CT molecular complexity index is 668. The van der Waals surface area contributed by atoms with Crippen LogP contribution in [0.25, 0.3) is 6.08 Å². The number of rotatable bonds is 4. The molecule has 0 spiro atoms. The SMILES string of the molecule is Cc1nn(CC(C)C)c(Cl)c1/C=C/C(=O)N1CCCN(C(N)=O)CC1. The quantitative estimate of drug-likeness (QED) is 0.827. The topological polar surface area (TPSA) is 84.5 Å². The molecule has 25 heavy (non-hydrogen) atoms. The molecule has 7 nitrogen and oxygen atoms in total. The zero-order valence-electron chi connectivity index (χ0n) is 15.0. The van der Waals surface area contributed by atoms with Crippen LogP contribution in [0.2, 0.25) is 5.15 Å². The van der Waals surface area contributed by atoms with Crippen molar-refractivity contribution in [3.63, 3.8) is 0 Å². The summed E-state index contributed by atoms with van der Waals surface area (Å²) in [6.07, 6.45) is 3.96. The highest BCUT2D eigenvalue weighted by atomic mass is 35.5. The third kappa shape index (κ3) is 4.98. The molecule has 1 fully saturated rings. The van der Waals surface area contributed by atoms with Crippen LogP contribution in [0.3, 0.4) is 0 Å². The van der Waals surface area contributed by atoms with Crippen LogP contribution in [-0.2, 0) is 11.3 Å². The predicted octanol–water partition coefficient (Wildman–Crippen LogP) is 2.13. The van der Waals surface area contributed by atoms with E-state index in [4.69, 9.17) is 17.3 Å². The van der Waals surface area contributed by atoms with Crippen LogP contribution in [0, 0.1) is 12.8 Å². The number of aryl methyl sites for hydroxylation is 1. The van der Waals surface area contributed by atoms with Gasteiger partial charge >= 0.3 is 6.03 Å². The molecule has 3 amide bonds. The number of urea groups is 1. The van der Waals surface area contributed by atoms with Gasteiger partial charge in [-0.15, -0.1) is 0 Å². The molecule has 0 aromatic carbocycles. The van der Waals surface area contributed by atoms with Crippen molar-refractivity contribution >= 4 is 29.6 Å². The zero-order valence-corrected chi connectivity index (χ0v) is 15.8. The number of carbonyl (C=O) groups is 2. The molecule has 1 aromatic rings. The number of primary amides is 1. The van der Waals surface area contributed by atoms with E-state index >= 15 is 0 Å². The fourth-order valence-corrected chi connectivity index (χ4v) is 3.15. The Morgan fingerprint density at radius 3 is 2.52 bits per heavy atom. The summed E-state index contributed by atoms with van der Waals surface area (Å²) < 4.78 is 1.77. The molecule has 0 radical (unpaired) electrons. The van der Waals surface area contributed by atoms with Crippen LogP contribution in [0.15, 0.2) is 6.08 Å². The monoisotopic (exact) mass is 367 g/mol. The van der Waals surface area contributed by atoms with Crippen molar-refractivity contribution in [3.8, 4) is 0 Å². The van der Waals surface area contributed by atoms with Gasteiger partial charge in [-0.2, -0.15) is 5.10 Å². The van der Waals surface area contributed by atoms with Crippen molar-refractivity contribution in [3.05, 3.63) is 22.5 Å². The van der Waals surface area contributed by atoms with Gasteiger partial charge in [0.2, 0.25) is 5.91 Å². The molecule has 8 heteroatoms. The van der Waals surface area contributed by atoms with Crippen molar-refractivity contribution in [2.24, 2.45) is 11.7 Å². The molecule has 0 unspecified atom stereocenters. The lowest BCUT2D eigenvalue weighted by atomic mass is 10.2. The highest BCUT2D eigenvalue weighted by Crippen LogP contribution is 2.22. The average Bonchev–Trinajstić information content (AvgIpc) is 2.72. The third-order valence-electron chi connectivity index (χ3n) is 4.16.